The smallest absolute Gasteiger partial charge is 0.163 e. The molecule has 0 aliphatic heterocycles. The molecule has 2 aromatic carbocycles. The monoisotopic (exact) mass is 405 g/mol. The summed E-state index contributed by atoms with van der Waals surface area (Å²) in [6.45, 7) is 5.60. The van der Waals surface area contributed by atoms with Crippen molar-refractivity contribution in [2.45, 2.75) is 13.8 Å². The maximum absolute atomic E-state index is 5.92. The fourth-order valence-corrected chi connectivity index (χ4v) is 3.45. The molecular formula is C23H27N5O2. The summed E-state index contributed by atoms with van der Waals surface area (Å²) in [6.07, 6.45) is 1.56. The zero-order valence-corrected chi connectivity index (χ0v) is 18.0. The number of aromatic amines is 1. The number of nitrogens with one attached hydrogen (secondary N) is 2. The standard InChI is InChI=1S/C23H27N5O2/c1-14-15(2)26-19-7-6-16(10-17(14)19)27-23-18-11-21(29-5)22(30-9-8-28(3)4)12-20(18)24-13-25-23/h6-7,10-13,26H,8-9H2,1-5H3,(H,24,25,27). The van der Waals surface area contributed by atoms with Gasteiger partial charge in [0.25, 0.3) is 0 Å². The van der Waals surface area contributed by atoms with E-state index in [1.165, 1.54) is 16.6 Å². The van der Waals surface area contributed by atoms with Crippen molar-refractivity contribution in [3.05, 3.63) is 47.9 Å². The van der Waals surface area contributed by atoms with Crippen LogP contribution in [-0.2, 0) is 0 Å². The highest BCUT2D eigenvalue weighted by atomic mass is 16.5. The Morgan fingerprint density at radius 2 is 1.87 bits per heavy atom. The summed E-state index contributed by atoms with van der Waals surface area (Å²) in [6, 6.07) is 10.1. The summed E-state index contributed by atoms with van der Waals surface area (Å²) < 4.78 is 11.5. The second kappa shape index (κ2) is 8.20. The Labute approximate surface area is 176 Å². The van der Waals surface area contributed by atoms with E-state index in [2.05, 4.69) is 51.1 Å². The molecule has 0 amide bonds. The van der Waals surface area contributed by atoms with E-state index in [1.807, 2.05) is 32.3 Å². The summed E-state index contributed by atoms with van der Waals surface area (Å²) in [4.78, 5) is 14.4. The number of rotatable bonds is 7. The number of H-pyrrole nitrogens is 1. The summed E-state index contributed by atoms with van der Waals surface area (Å²) in [5, 5.41) is 5.51. The molecule has 30 heavy (non-hydrogen) atoms. The van der Waals surface area contributed by atoms with Gasteiger partial charge in [-0.25, -0.2) is 9.97 Å². The van der Waals surface area contributed by atoms with Crippen molar-refractivity contribution in [3.8, 4) is 11.5 Å². The summed E-state index contributed by atoms with van der Waals surface area (Å²) in [7, 11) is 5.67. The van der Waals surface area contributed by atoms with Crippen LogP contribution in [0, 0.1) is 13.8 Å². The van der Waals surface area contributed by atoms with E-state index in [1.54, 1.807) is 13.4 Å². The molecule has 0 spiro atoms. The molecule has 0 fully saturated rings. The van der Waals surface area contributed by atoms with E-state index in [9.17, 15) is 0 Å². The maximum Gasteiger partial charge on any atom is 0.163 e. The number of anilines is 2. The van der Waals surface area contributed by atoms with Crippen molar-refractivity contribution in [2.75, 3.05) is 39.7 Å². The molecule has 4 rings (SSSR count). The van der Waals surface area contributed by atoms with Crippen LogP contribution in [0.15, 0.2) is 36.7 Å². The van der Waals surface area contributed by atoms with Gasteiger partial charge in [-0.2, -0.15) is 0 Å². The van der Waals surface area contributed by atoms with Crippen molar-refractivity contribution < 1.29 is 9.47 Å². The van der Waals surface area contributed by atoms with Gasteiger partial charge in [-0.1, -0.05) is 0 Å². The van der Waals surface area contributed by atoms with Crippen LogP contribution in [0.25, 0.3) is 21.8 Å². The van der Waals surface area contributed by atoms with E-state index < -0.39 is 0 Å². The largest absolute Gasteiger partial charge is 0.493 e. The number of hydrogen-bond acceptors (Lipinski definition) is 6. The number of aromatic nitrogens is 3. The third-order valence-electron chi connectivity index (χ3n) is 5.29. The minimum atomic E-state index is 0.570. The van der Waals surface area contributed by atoms with Crippen molar-refractivity contribution in [1.82, 2.24) is 19.9 Å². The van der Waals surface area contributed by atoms with Crippen LogP contribution in [0.1, 0.15) is 11.3 Å². The molecule has 0 saturated heterocycles. The van der Waals surface area contributed by atoms with Crippen molar-refractivity contribution >= 4 is 33.3 Å². The van der Waals surface area contributed by atoms with Crippen LogP contribution in [-0.4, -0.2) is 54.2 Å². The minimum absolute atomic E-state index is 0.570. The lowest BCUT2D eigenvalue weighted by Gasteiger charge is -2.15. The number of likely N-dealkylation sites (N-methyl/N-ethyl adjacent to an activating group) is 1. The molecule has 2 heterocycles. The summed E-state index contributed by atoms with van der Waals surface area (Å²) >= 11 is 0. The molecule has 0 aliphatic carbocycles. The summed E-state index contributed by atoms with van der Waals surface area (Å²) in [5.41, 5.74) is 5.32. The molecular weight excluding hydrogens is 378 g/mol. The maximum atomic E-state index is 5.92. The second-order valence-corrected chi connectivity index (χ2v) is 7.65. The Morgan fingerprint density at radius 1 is 1.03 bits per heavy atom. The van der Waals surface area contributed by atoms with Crippen LogP contribution >= 0.6 is 0 Å². The fourth-order valence-electron chi connectivity index (χ4n) is 3.45. The topological polar surface area (TPSA) is 75.3 Å². The minimum Gasteiger partial charge on any atom is -0.493 e. The molecule has 0 aliphatic rings. The number of hydrogen-bond donors (Lipinski definition) is 2. The number of benzene rings is 2. The number of ether oxygens (including phenoxy) is 2. The Hall–Kier alpha value is -3.32. The van der Waals surface area contributed by atoms with Gasteiger partial charge in [0, 0.05) is 40.3 Å². The lowest BCUT2D eigenvalue weighted by Crippen LogP contribution is -2.19. The zero-order valence-electron chi connectivity index (χ0n) is 18.0. The average Bonchev–Trinajstić information content (AvgIpc) is 3.01. The predicted octanol–water partition coefficient (Wildman–Crippen LogP) is 4.42. The van der Waals surface area contributed by atoms with Gasteiger partial charge in [0.05, 0.1) is 12.6 Å². The molecule has 0 unspecified atom stereocenters. The number of fused-ring (bicyclic) bond motifs is 2. The van der Waals surface area contributed by atoms with Gasteiger partial charge < -0.3 is 24.7 Å². The highest BCUT2D eigenvalue weighted by Gasteiger charge is 2.13. The number of nitrogens with zero attached hydrogens (tertiary/aromatic N) is 3. The molecule has 0 atom stereocenters. The number of methoxy groups -OCH3 is 1. The van der Waals surface area contributed by atoms with Gasteiger partial charge in [-0.15, -0.1) is 0 Å². The van der Waals surface area contributed by atoms with Crippen molar-refractivity contribution in [1.29, 1.82) is 0 Å². The average molecular weight is 406 g/mol. The van der Waals surface area contributed by atoms with Crippen molar-refractivity contribution in [2.24, 2.45) is 0 Å². The van der Waals surface area contributed by atoms with Crippen LogP contribution in [0.3, 0.4) is 0 Å². The van der Waals surface area contributed by atoms with Crippen LogP contribution in [0.5, 0.6) is 11.5 Å². The molecule has 2 aromatic heterocycles. The summed E-state index contributed by atoms with van der Waals surface area (Å²) in [5.74, 6) is 2.06. The second-order valence-electron chi connectivity index (χ2n) is 7.65. The molecule has 4 aromatic rings. The first-order valence-electron chi connectivity index (χ1n) is 9.92. The van der Waals surface area contributed by atoms with E-state index in [0.29, 0.717) is 18.1 Å². The van der Waals surface area contributed by atoms with Crippen LogP contribution in [0.2, 0.25) is 0 Å². The van der Waals surface area contributed by atoms with Crippen LogP contribution in [0.4, 0.5) is 11.5 Å². The van der Waals surface area contributed by atoms with Crippen molar-refractivity contribution in [3.63, 3.8) is 0 Å². The van der Waals surface area contributed by atoms with E-state index >= 15 is 0 Å². The zero-order chi connectivity index (χ0) is 21.3. The lowest BCUT2D eigenvalue weighted by atomic mass is 10.1. The van der Waals surface area contributed by atoms with Gasteiger partial charge in [0.15, 0.2) is 11.5 Å². The molecule has 0 saturated carbocycles. The quantitative estimate of drug-likeness (QED) is 0.474. The third-order valence-corrected chi connectivity index (χ3v) is 5.29. The van der Waals surface area contributed by atoms with E-state index in [-0.39, 0.29) is 0 Å². The Bertz CT molecular complexity index is 1200. The highest BCUT2D eigenvalue weighted by Crippen LogP contribution is 2.35. The van der Waals surface area contributed by atoms with Gasteiger partial charge in [-0.05, 0) is 57.8 Å². The molecule has 7 heteroatoms. The lowest BCUT2D eigenvalue weighted by molar-refractivity contribution is 0.251. The fraction of sp³-hybridized carbons (Fsp3) is 0.304. The van der Waals surface area contributed by atoms with Gasteiger partial charge in [-0.3, -0.25) is 0 Å². The highest BCUT2D eigenvalue weighted by molar-refractivity contribution is 5.94. The normalized spacial score (nSPS) is 11.4. The van der Waals surface area contributed by atoms with Gasteiger partial charge in [0.1, 0.15) is 18.8 Å². The number of aryl methyl sites for hydroxylation is 2. The first-order valence-corrected chi connectivity index (χ1v) is 9.92. The molecule has 2 N–H and O–H groups in total. The first kappa shape index (κ1) is 20.0. The predicted molar refractivity (Wildman–Crippen MR) is 121 cm³/mol. The SMILES string of the molecule is COc1cc2c(Nc3ccc4[nH]c(C)c(C)c4c3)ncnc2cc1OCCN(C)C. The Morgan fingerprint density at radius 3 is 2.63 bits per heavy atom. The molecule has 156 valence electrons. The molecule has 0 radical (unpaired) electrons. The van der Waals surface area contributed by atoms with Gasteiger partial charge >= 0.3 is 0 Å². The Kier molecular flexibility index (Phi) is 5.46. The molecule has 0 bridgehead atoms. The first-order chi connectivity index (χ1) is 14.5. The third kappa shape index (κ3) is 3.89. The van der Waals surface area contributed by atoms with Gasteiger partial charge in [0.2, 0.25) is 0 Å². The van der Waals surface area contributed by atoms with E-state index in [0.717, 1.165) is 34.5 Å². The van der Waals surface area contributed by atoms with E-state index in [4.69, 9.17) is 9.47 Å². The Balaban J connectivity index is 1.68. The van der Waals surface area contributed by atoms with Crippen LogP contribution < -0.4 is 14.8 Å². The molecule has 7 nitrogen and oxygen atoms in total.